The van der Waals surface area contributed by atoms with Crippen molar-refractivity contribution in [2.75, 3.05) is 6.61 Å². The molecule has 0 aliphatic rings. The average molecular weight is 398 g/mol. The second-order valence-corrected chi connectivity index (χ2v) is 5.20. The van der Waals surface area contributed by atoms with Crippen molar-refractivity contribution in [2.24, 2.45) is 0 Å². The van der Waals surface area contributed by atoms with Crippen LogP contribution in [0.2, 0.25) is 0 Å². The number of aromatic nitrogens is 2. The van der Waals surface area contributed by atoms with Crippen LogP contribution in [-0.2, 0) is 10.9 Å². The first-order chi connectivity index (χ1) is 9.25. The smallest absolute Gasteiger partial charge is 0.417 e. The predicted octanol–water partition coefficient (Wildman–Crippen LogP) is 3.44. The lowest BCUT2D eigenvalue weighted by Crippen LogP contribution is -2.12. The van der Waals surface area contributed by atoms with Gasteiger partial charge in [0, 0.05) is 6.20 Å². The molecule has 0 saturated heterocycles. The topological polar surface area (TPSA) is 43.6 Å². The van der Waals surface area contributed by atoms with Gasteiger partial charge in [-0.2, -0.15) is 13.2 Å². The molecular weight excluding hydrogens is 388 g/mol. The highest BCUT2D eigenvalue weighted by Crippen LogP contribution is 2.32. The van der Waals surface area contributed by atoms with Crippen LogP contribution in [0.3, 0.4) is 0 Å². The van der Waals surface area contributed by atoms with Gasteiger partial charge in [-0.25, -0.2) is 9.78 Å². The highest BCUT2D eigenvalue weighted by molar-refractivity contribution is 14.1. The number of esters is 1. The van der Waals surface area contributed by atoms with Crippen LogP contribution in [0.15, 0.2) is 12.3 Å². The molecule has 2 aromatic heterocycles. The Kier molecular flexibility index (Phi) is 3.94. The van der Waals surface area contributed by atoms with Crippen molar-refractivity contribution < 1.29 is 22.7 Å². The molecule has 0 saturated carbocycles. The monoisotopic (exact) mass is 398 g/mol. The van der Waals surface area contributed by atoms with E-state index in [4.69, 9.17) is 4.74 Å². The van der Waals surface area contributed by atoms with Gasteiger partial charge in [-0.1, -0.05) is 0 Å². The molecule has 20 heavy (non-hydrogen) atoms. The summed E-state index contributed by atoms with van der Waals surface area (Å²) in [6.45, 7) is 3.32. The first-order valence-electron chi connectivity index (χ1n) is 5.68. The van der Waals surface area contributed by atoms with E-state index in [0.29, 0.717) is 14.9 Å². The Morgan fingerprint density at radius 3 is 2.70 bits per heavy atom. The fourth-order valence-electron chi connectivity index (χ4n) is 1.82. The van der Waals surface area contributed by atoms with E-state index in [9.17, 15) is 18.0 Å². The maximum atomic E-state index is 12.8. The van der Waals surface area contributed by atoms with Crippen molar-refractivity contribution in [3.8, 4) is 0 Å². The van der Waals surface area contributed by atoms with E-state index in [1.807, 2.05) is 0 Å². The summed E-state index contributed by atoms with van der Waals surface area (Å²) in [5, 5.41) is 0. The Morgan fingerprint density at radius 2 is 2.15 bits per heavy atom. The highest BCUT2D eigenvalue weighted by Gasteiger charge is 2.32. The molecule has 0 aliphatic carbocycles. The molecule has 0 radical (unpaired) electrons. The van der Waals surface area contributed by atoms with E-state index >= 15 is 0 Å². The Labute approximate surface area is 126 Å². The summed E-state index contributed by atoms with van der Waals surface area (Å²) in [5.41, 5.74) is -0.178. The van der Waals surface area contributed by atoms with Gasteiger partial charge in [0.05, 0.1) is 21.4 Å². The van der Waals surface area contributed by atoms with Crippen molar-refractivity contribution in [3.05, 3.63) is 32.8 Å². The predicted molar refractivity (Wildman–Crippen MR) is 73.6 cm³/mol. The van der Waals surface area contributed by atoms with Crippen molar-refractivity contribution in [1.29, 1.82) is 0 Å². The lowest BCUT2D eigenvalue weighted by atomic mass is 10.2. The largest absolute Gasteiger partial charge is 0.461 e. The number of carbonyl (C=O) groups excluding carboxylic acids is 1. The summed E-state index contributed by atoms with van der Waals surface area (Å²) < 4.78 is 44.8. The van der Waals surface area contributed by atoms with Gasteiger partial charge in [0.25, 0.3) is 0 Å². The Morgan fingerprint density at radius 1 is 1.50 bits per heavy atom. The number of nitrogens with zero attached hydrogens (tertiary/aromatic N) is 2. The number of hydrogen-bond donors (Lipinski definition) is 0. The fourth-order valence-corrected chi connectivity index (χ4v) is 2.53. The molecule has 8 heteroatoms. The number of aryl methyl sites for hydroxylation is 1. The van der Waals surface area contributed by atoms with Gasteiger partial charge in [-0.05, 0) is 42.5 Å². The number of carbonyl (C=O) groups is 1. The lowest BCUT2D eigenvalue weighted by Gasteiger charge is -2.09. The lowest BCUT2D eigenvalue weighted by molar-refractivity contribution is -0.137. The number of pyridine rings is 1. The van der Waals surface area contributed by atoms with Crippen LogP contribution in [0.1, 0.15) is 28.7 Å². The van der Waals surface area contributed by atoms with Crippen LogP contribution in [0.25, 0.3) is 5.65 Å². The van der Waals surface area contributed by atoms with E-state index in [1.165, 1.54) is 0 Å². The molecule has 2 heterocycles. The van der Waals surface area contributed by atoms with Gasteiger partial charge in [0.1, 0.15) is 0 Å². The van der Waals surface area contributed by atoms with Crippen LogP contribution in [0.5, 0.6) is 0 Å². The van der Waals surface area contributed by atoms with Gasteiger partial charge in [0.15, 0.2) is 11.3 Å². The van der Waals surface area contributed by atoms with Gasteiger partial charge < -0.3 is 4.74 Å². The Hall–Kier alpha value is -1.32. The van der Waals surface area contributed by atoms with E-state index < -0.39 is 17.7 Å². The summed E-state index contributed by atoms with van der Waals surface area (Å²) in [6, 6.07) is 0.997. The SMILES string of the molecule is CCOC(=O)c1c(C)nc2c(I)cc(C(F)(F)F)cn12. The van der Waals surface area contributed by atoms with E-state index in [1.54, 1.807) is 36.4 Å². The van der Waals surface area contributed by atoms with Crippen molar-refractivity contribution >= 4 is 34.2 Å². The molecule has 0 N–H and O–H groups in total. The second kappa shape index (κ2) is 5.23. The van der Waals surface area contributed by atoms with Gasteiger partial charge >= 0.3 is 12.1 Å². The minimum atomic E-state index is -4.49. The van der Waals surface area contributed by atoms with Gasteiger partial charge in [0.2, 0.25) is 0 Å². The number of hydrogen-bond acceptors (Lipinski definition) is 3. The zero-order valence-corrected chi connectivity index (χ0v) is 12.7. The molecule has 2 aromatic rings. The number of fused-ring (bicyclic) bond motifs is 1. The quantitative estimate of drug-likeness (QED) is 0.575. The summed E-state index contributed by atoms with van der Waals surface area (Å²) >= 11 is 1.76. The zero-order chi connectivity index (χ0) is 15.1. The molecule has 0 fully saturated rings. The zero-order valence-electron chi connectivity index (χ0n) is 10.6. The maximum absolute atomic E-state index is 12.8. The standard InChI is InChI=1S/C12H10F3IN2O2/c1-3-20-11(19)9-6(2)17-10-8(16)4-7(5-18(9)10)12(13,14)15/h4-5H,3H2,1-2H3. The normalized spacial score (nSPS) is 11.9. The molecule has 2 rings (SSSR count). The minimum absolute atomic E-state index is 0.0193. The van der Waals surface area contributed by atoms with Crippen LogP contribution < -0.4 is 0 Å². The Balaban J connectivity index is 2.73. The molecule has 0 unspecified atom stereocenters. The van der Waals surface area contributed by atoms with Gasteiger partial charge in [-0.15, -0.1) is 0 Å². The molecule has 0 bridgehead atoms. The summed E-state index contributed by atoms with van der Waals surface area (Å²) in [5.74, 6) is -0.687. The van der Waals surface area contributed by atoms with E-state index in [2.05, 4.69) is 4.98 Å². The van der Waals surface area contributed by atoms with Crippen LogP contribution >= 0.6 is 22.6 Å². The molecule has 108 valence electrons. The van der Waals surface area contributed by atoms with Crippen LogP contribution in [0, 0.1) is 10.5 Å². The number of imidazole rings is 1. The number of ether oxygens (including phenoxy) is 1. The highest BCUT2D eigenvalue weighted by atomic mass is 127. The third-order valence-electron chi connectivity index (χ3n) is 2.65. The molecule has 0 aliphatic heterocycles. The minimum Gasteiger partial charge on any atom is -0.461 e. The Bertz CT molecular complexity index is 679. The molecule has 4 nitrogen and oxygen atoms in total. The van der Waals surface area contributed by atoms with E-state index in [0.717, 1.165) is 16.7 Å². The van der Waals surface area contributed by atoms with Crippen molar-refractivity contribution in [2.45, 2.75) is 20.0 Å². The molecular formula is C12H10F3IN2O2. The van der Waals surface area contributed by atoms with Crippen LogP contribution in [-0.4, -0.2) is 22.0 Å². The summed E-state index contributed by atoms with van der Waals surface area (Å²) in [7, 11) is 0. The molecule has 0 amide bonds. The summed E-state index contributed by atoms with van der Waals surface area (Å²) in [6.07, 6.45) is -3.62. The second-order valence-electron chi connectivity index (χ2n) is 4.03. The molecule has 0 spiro atoms. The first kappa shape index (κ1) is 15.1. The number of halogens is 4. The van der Waals surface area contributed by atoms with Crippen molar-refractivity contribution in [1.82, 2.24) is 9.38 Å². The third-order valence-corrected chi connectivity index (χ3v) is 3.44. The van der Waals surface area contributed by atoms with Crippen LogP contribution in [0.4, 0.5) is 13.2 Å². The molecule has 0 atom stereocenters. The number of alkyl halides is 3. The maximum Gasteiger partial charge on any atom is 0.417 e. The third kappa shape index (κ3) is 2.60. The first-order valence-corrected chi connectivity index (χ1v) is 6.76. The van der Waals surface area contributed by atoms with E-state index in [-0.39, 0.29) is 12.3 Å². The van der Waals surface area contributed by atoms with Crippen molar-refractivity contribution in [3.63, 3.8) is 0 Å². The molecule has 0 aromatic carbocycles. The fraction of sp³-hybridized carbons (Fsp3) is 0.333. The summed E-state index contributed by atoms with van der Waals surface area (Å²) in [4.78, 5) is 16.0. The van der Waals surface area contributed by atoms with Gasteiger partial charge in [-0.3, -0.25) is 4.40 Å². The average Bonchev–Trinajstić information content (AvgIpc) is 2.65. The number of rotatable bonds is 2.